The summed E-state index contributed by atoms with van der Waals surface area (Å²) >= 11 is 0. The lowest BCUT2D eigenvalue weighted by molar-refractivity contribution is -0.132. The summed E-state index contributed by atoms with van der Waals surface area (Å²) in [6, 6.07) is 15.0. The molecule has 2 aromatic rings. The summed E-state index contributed by atoms with van der Waals surface area (Å²) in [5.41, 5.74) is 2.52. The average Bonchev–Trinajstić information content (AvgIpc) is 2.62. The zero-order valence-corrected chi connectivity index (χ0v) is 14.5. The SMILES string of the molecule is Cc1ccccc1N1CCN(C(=O)CCOc2cccc(O)c2)CC1. The van der Waals surface area contributed by atoms with Crippen molar-refractivity contribution in [1.29, 1.82) is 0 Å². The molecule has 1 fully saturated rings. The van der Waals surface area contributed by atoms with Crippen molar-refractivity contribution in [3.63, 3.8) is 0 Å². The van der Waals surface area contributed by atoms with Gasteiger partial charge < -0.3 is 19.6 Å². The maximum atomic E-state index is 12.3. The number of nitrogens with zero attached hydrogens (tertiary/aromatic N) is 2. The predicted molar refractivity (Wildman–Crippen MR) is 98.2 cm³/mol. The third kappa shape index (κ3) is 4.44. The molecular weight excluding hydrogens is 316 g/mol. The smallest absolute Gasteiger partial charge is 0.226 e. The molecule has 0 radical (unpaired) electrons. The molecule has 1 aliphatic heterocycles. The maximum absolute atomic E-state index is 12.3. The van der Waals surface area contributed by atoms with Gasteiger partial charge in [0.05, 0.1) is 13.0 Å². The van der Waals surface area contributed by atoms with E-state index < -0.39 is 0 Å². The molecule has 132 valence electrons. The van der Waals surface area contributed by atoms with Crippen LogP contribution in [-0.2, 0) is 4.79 Å². The molecule has 0 spiro atoms. The number of aromatic hydroxyl groups is 1. The second-order valence-electron chi connectivity index (χ2n) is 6.25. The van der Waals surface area contributed by atoms with Crippen molar-refractivity contribution < 1.29 is 14.6 Å². The molecule has 0 aliphatic carbocycles. The number of para-hydroxylation sites is 1. The van der Waals surface area contributed by atoms with Gasteiger partial charge in [0.15, 0.2) is 0 Å². The molecule has 1 saturated heterocycles. The molecular formula is C20H24N2O3. The number of hydrogen-bond donors (Lipinski definition) is 1. The Morgan fingerprint density at radius 2 is 1.84 bits per heavy atom. The minimum Gasteiger partial charge on any atom is -0.508 e. The molecule has 1 aliphatic rings. The molecule has 5 nitrogen and oxygen atoms in total. The van der Waals surface area contributed by atoms with Gasteiger partial charge in [-0.2, -0.15) is 0 Å². The summed E-state index contributed by atoms with van der Waals surface area (Å²) in [6.45, 7) is 5.61. The molecule has 0 unspecified atom stereocenters. The normalized spacial score (nSPS) is 14.4. The number of phenolic OH excluding ortho intramolecular Hbond substituents is 1. The lowest BCUT2D eigenvalue weighted by Gasteiger charge is -2.36. The first-order valence-corrected chi connectivity index (χ1v) is 8.63. The van der Waals surface area contributed by atoms with E-state index in [2.05, 4.69) is 30.0 Å². The van der Waals surface area contributed by atoms with Gasteiger partial charge in [0.2, 0.25) is 5.91 Å². The minimum absolute atomic E-state index is 0.115. The van der Waals surface area contributed by atoms with E-state index in [0.717, 1.165) is 26.2 Å². The number of aryl methyl sites for hydroxylation is 1. The van der Waals surface area contributed by atoms with Crippen molar-refractivity contribution in [3.05, 3.63) is 54.1 Å². The number of phenols is 1. The number of piperazine rings is 1. The zero-order chi connectivity index (χ0) is 17.6. The Hall–Kier alpha value is -2.69. The van der Waals surface area contributed by atoms with E-state index in [1.807, 2.05) is 11.0 Å². The third-order valence-electron chi connectivity index (χ3n) is 4.49. The van der Waals surface area contributed by atoms with Crippen molar-refractivity contribution >= 4 is 11.6 Å². The maximum Gasteiger partial charge on any atom is 0.226 e. The molecule has 1 heterocycles. The Kier molecular flexibility index (Phi) is 5.43. The molecule has 1 amide bonds. The Balaban J connectivity index is 1.45. The zero-order valence-electron chi connectivity index (χ0n) is 14.5. The number of anilines is 1. The van der Waals surface area contributed by atoms with Crippen LogP contribution in [0.5, 0.6) is 11.5 Å². The van der Waals surface area contributed by atoms with Gasteiger partial charge in [0.1, 0.15) is 11.5 Å². The van der Waals surface area contributed by atoms with Crippen molar-refractivity contribution in [2.24, 2.45) is 0 Å². The topological polar surface area (TPSA) is 53.0 Å². The van der Waals surface area contributed by atoms with Crippen LogP contribution in [0.25, 0.3) is 0 Å². The fourth-order valence-electron chi connectivity index (χ4n) is 3.10. The first kappa shape index (κ1) is 17.1. The van der Waals surface area contributed by atoms with Gasteiger partial charge in [0, 0.05) is 37.9 Å². The van der Waals surface area contributed by atoms with Crippen molar-refractivity contribution in [2.75, 3.05) is 37.7 Å². The van der Waals surface area contributed by atoms with E-state index >= 15 is 0 Å². The number of carbonyl (C=O) groups is 1. The van der Waals surface area contributed by atoms with E-state index in [9.17, 15) is 9.90 Å². The van der Waals surface area contributed by atoms with E-state index in [-0.39, 0.29) is 11.7 Å². The second kappa shape index (κ2) is 7.92. The number of carbonyl (C=O) groups excluding carboxylic acids is 1. The van der Waals surface area contributed by atoms with Gasteiger partial charge in [-0.25, -0.2) is 0 Å². The summed E-state index contributed by atoms with van der Waals surface area (Å²) in [5.74, 6) is 0.859. The largest absolute Gasteiger partial charge is 0.508 e. The number of hydrogen-bond acceptors (Lipinski definition) is 4. The summed E-state index contributed by atoms with van der Waals surface area (Å²) in [4.78, 5) is 16.6. The first-order valence-electron chi connectivity index (χ1n) is 8.63. The van der Waals surface area contributed by atoms with Gasteiger partial charge in [-0.1, -0.05) is 24.3 Å². The highest BCUT2D eigenvalue weighted by Gasteiger charge is 2.21. The van der Waals surface area contributed by atoms with Crippen LogP contribution in [0.4, 0.5) is 5.69 Å². The van der Waals surface area contributed by atoms with Crippen LogP contribution >= 0.6 is 0 Å². The molecule has 25 heavy (non-hydrogen) atoms. The van der Waals surface area contributed by atoms with Crippen LogP contribution in [0.2, 0.25) is 0 Å². The van der Waals surface area contributed by atoms with Gasteiger partial charge >= 0.3 is 0 Å². The highest BCUT2D eigenvalue weighted by atomic mass is 16.5. The molecule has 3 rings (SSSR count). The fraction of sp³-hybridized carbons (Fsp3) is 0.350. The molecule has 0 atom stereocenters. The van der Waals surface area contributed by atoms with Crippen LogP contribution in [0.1, 0.15) is 12.0 Å². The van der Waals surface area contributed by atoms with Gasteiger partial charge in [-0.15, -0.1) is 0 Å². The quantitative estimate of drug-likeness (QED) is 0.909. The Morgan fingerprint density at radius 1 is 1.08 bits per heavy atom. The van der Waals surface area contributed by atoms with Gasteiger partial charge in [-0.3, -0.25) is 4.79 Å². The van der Waals surface area contributed by atoms with E-state index in [1.165, 1.54) is 11.3 Å². The van der Waals surface area contributed by atoms with Gasteiger partial charge in [0.25, 0.3) is 0 Å². The lowest BCUT2D eigenvalue weighted by Crippen LogP contribution is -2.49. The van der Waals surface area contributed by atoms with Crippen LogP contribution < -0.4 is 9.64 Å². The van der Waals surface area contributed by atoms with E-state index in [0.29, 0.717) is 18.8 Å². The molecule has 0 saturated carbocycles. The molecule has 1 N–H and O–H groups in total. The van der Waals surface area contributed by atoms with Crippen LogP contribution in [0.15, 0.2) is 48.5 Å². The molecule has 0 aromatic heterocycles. The molecule has 0 bridgehead atoms. The summed E-state index contributed by atoms with van der Waals surface area (Å²) in [7, 11) is 0. The number of benzene rings is 2. The number of amides is 1. The van der Waals surface area contributed by atoms with Crippen molar-refractivity contribution in [2.45, 2.75) is 13.3 Å². The summed E-state index contributed by atoms with van der Waals surface area (Å²) in [6.07, 6.45) is 0.347. The monoisotopic (exact) mass is 340 g/mol. The Bertz CT molecular complexity index is 724. The highest BCUT2D eigenvalue weighted by Crippen LogP contribution is 2.21. The molecule has 2 aromatic carbocycles. The Labute approximate surface area is 148 Å². The van der Waals surface area contributed by atoms with Crippen molar-refractivity contribution in [1.82, 2.24) is 4.90 Å². The number of rotatable bonds is 5. The summed E-state index contributed by atoms with van der Waals surface area (Å²) in [5, 5.41) is 9.40. The lowest BCUT2D eigenvalue weighted by atomic mass is 10.1. The standard InChI is InChI=1S/C20H24N2O3/c1-16-5-2-3-8-19(16)21-10-12-22(13-11-21)20(24)9-14-25-18-7-4-6-17(23)15-18/h2-8,15,23H,9-14H2,1H3. The van der Waals surface area contributed by atoms with E-state index in [4.69, 9.17) is 4.74 Å². The second-order valence-corrected chi connectivity index (χ2v) is 6.25. The average molecular weight is 340 g/mol. The predicted octanol–water partition coefficient (Wildman–Crippen LogP) is 2.82. The van der Waals surface area contributed by atoms with Crippen LogP contribution in [0.3, 0.4) is 0 Å². The summed E-state index contributed by atoms with van der Waals surface area (Å²) < 4.78 is 5.54. The Morgan fingerprint density at radius 3 is 2.56 bits per heavy atom. The minimum atomic E-state index is 0.115. The molecule has 5 heteroatoms. The third-order valence-corrected chi connectivity index (χ3v) is 4.49. The van der Waals surface area contributed by atoms with Crippen LogP contribution in [-0.4, -0.2) is 48.7 Å². The highest BCUT2D eigenvalue weighted by molar-refractivity contribution is 5.76. The first-order chi connectivity index (χ1) is 12.1. The number of ether oxygens (including phenoxy) is 1. The van der Waals surface area contributed by atoms with Gasteiger partial charge in [-0.05, 0) is 30.7 Å². The van der Waals surface area contributed by atoms with Crippen LogP contribution in [0, 0.1) is 6.92 Å². The van der Waals surface area contributed by atoms with Crippen molar-refractivity contribution in [3.8, 4) is 11.5 Å². The fourth-order valence-corrected chi connectivity index (χ4v) is 3.10. The van der Waals surface area contributed by atoms with E-state index in [1.54, 1.807) is 24.3 Å².